The lowest BCUT2D eigenvalue weighted by Gasteiger charge is -2.05. The molecule has 1 heterocycles. The molecule has 1 aromatic rings. The number of pyridine rings is 1. The number of nitrogens with zero attached hydrogens (tertiary/aromatic N) is 1. The molecule has 1 rings (SSSR count). The quantitative estimate of drug-likeness (QED) is 0.635. The van der Waals surface area contributed by atoms with Crippen LogP contribution in [-0.4, -0.2) is 12.0 Å². The lowest BCUT2D eigenvalue weighted by Crippen LogP contribution is -2.15. The standard InChI is InChI=1S/C8H11N3/c1-3-7-6-10-5-4-8(7)11-9-2/h3-6,9H,1H2,2H3,(H,10,11). The highest BCUT2D eigenvalue weighted by molar-refractivity contribution is 5.63. The van der Waals surface area contributed by atoms with Gasteiger partial charge in [-0.2, -0.15) is 0 Å². The number of anilines is 1. The van der Waals surface area contributed by atoms with E-state index < -0.39 is 0 Å². The van der Waals surface area contributed by atoms with Crippen LogP contribution in [0.5, 0.6) is 0 Å². The van der Waals surface area contributed by atoms with Crippen LogP contribution in [-0.2, 0) is 0 Å². The summed E-state index contributed by atoms with van der Waals surface area (Å²) < 4.78 is 0. The smallest absolute Gasteiger partial charge is 0.0590 e. The molecule has 1 aromatic heterocycles. The van der Waals surface area contributed by atoms with Gasteiger partial charge in [0.1, 0.15) is 0 Å². The fourth-order valence-electron chi connectivity index (χ4n) is 0.818. The first kappa shape index (κ1) is 7.75. The lowest BCUT2D eigenvalue weighted by molar-refractivity contribution is 0.981. The minimum Gasteiger partial charge on any atom is -0.321 e. The molecule has 0 spiro atoms. The maximum atomic E-state index is 3.96. The van der Waals surface area contributed by atoms with Gasteiger partial charge < -0.3 is 5.43 Å². The van der Waals surface area contributed by atoms with Crippen molar-refractivity contribution in [1.29, 1.82) is 0 Å². The van der Waals surface area contributed by atoms with E-state index in [1.54, 1.807) is 18.5 Å². The Morgan fingerprint density at radius 3 is 3.09 bits per heavy atom. The van der Waals surface area contributed by atoms with Crippen molar-refractivity contribution in [3.63, 3.8) is 0 Å². The summed E-state index contributed by atoms with van der Waals surface area (Å²) in [7, 11) is 1.81. The summed E-state index contributed by atoms with van der Waals surface area (Å²) in [6.07, 6.45) is 5.24. The first-order chi connectivity index (χ1) is 5.38. The fraction of sp³-hybridized carbons (Fsp3) is 0.125. The maximum absolute atomic E-state index is 3.96. The van der Waals surface area contributed by atoms with E-state index in [9.17, 15) is 0 Å². The summed E-state index contributed by atoms with van der Waals surface area (Å²) in [6, 6.07) is 1.88. The van der Waals surface area contributed by atoms with Gasteiger partial charge in [0.05, 0.1) is 5.69 Å². The van der Waals surface area contributed by atoms with E-state index >= 15 is 0 Å². The van der Waals surface area contributed by atoms with Crippen molar-refractivity contribution in [2.75, 3.05) is 12.5 Å². The van der Waals surface area contributed by atoms with Crippen LogP contribution < -0.4 is 10.9 Å². The molecule has 0 aromatic carbocycles. The van der Waals surface area contributed by atoms with Crippen LogP contribution in [0, 0.1) is 0 Å². The number of aromatic nitrogens is 1. The Morgan fingerprint density at radius 1 is 1.64 bits per heavy atom. The fourth-order valence-corrected chi connectivity index (χ4v) is 0.818. The first-order valence-corrected chi connectivity index (χ1v) is 3.37. The van der Waals surface area contributed by atoms with E-state index in [1.807, 2.05) is 13.1 Å². The predicted molar refractivity (Wildman–Crippen MR) is 47.0 cm³/mol. The molecule has 0 saturated carbocycles. The van der Waals surface area contributed by atoms with Crippen molar-refractivity contribution in [3.8, 4) is 0 Å². The zero-order valence-electron chi connectivity index (χ0n) is 6.46. The first-order valence-electron chi connectivity index (χ1n) is 3.37. The van der Waals surface area contributed by atoms with E-state index in [2.05, 4.69) is 22.4 Å². The van der Waals surface area contributed by atoms with Crippen molar-refractivity contribution in [1.82, 2.24) is 10.4 Å². The lowest BCUT2D eigenvalue weighted by atomic mass is 10.2. The third kappa shape index (κ3) is 1.78. The van der Waals surface area contributed by atoms with Gasteiger partial charge in [-0.25, -0.2) is 5.43 Å². The van der Waals surface area contributed by atoms with E-state index in [1.165, 1.54) is 0 Å². The third-order valence-corrected chi connectivity index (χ3v) is 1.33. The third-order valence-electron chi connectivity index (χ3n) is 1.33. The molecule has 0 radical (unpaired) electrons. The van der Waals surface area contributed by atoms with E-state index in [0.29, 0.717) is 0 Å². The zero-order valence-corrected chi connectivity index (χ0v) is 6.46. The Labute approximate surface area is 66.1 Å². The zero-order chi connectivity index (χ0) is 8.10. The molecule has 0 fully saturated rings. The van der Waals surface area contributed by atoms with Crippen molar-refractivity contribution in [2.45, 2.75) is 0 Å². The second-order valence-corrected chi connectivity index (χ2v) is 2.04. The summed E-state index contributed by atoms with van der Waals surface area (Å²) in [5.41, 5.74) is 7.77. The molecule has 0 atom stereocenters. The van der Waals surface area contributed by atoms with E-state index in [4.69, 9.17) is 0 Å². The van der Waals surface area contributed by atoms with Crippen molar-refractivity contribution in [2.24, 2.45) is 0 Å². The monoisotopic (exact) mass is 149 g/mol. The summed E-state index contributed by atoms with van der Waals surface area (Å²) in [5, 5.41) is 0. The number of nitrogens with one attached hydrogen (secondary N) is 2. The predicted octanol–water partition coefficient (Wildman–Crippen LogP) is 1.27. The molecule has 0 aliphatic rings. The average molecular weight is 149 g/mol. The molecule has 2 N–H and O–H groups in total. The molecular formula is C8H11N3. The summed E-state index contributed by atoms with van der Waals surface area (Å²) in [5.74, 6) is 0. The van der Waals surface area contributed by atoms with E-state index in [0.717, 1.165) is 11.3 Å². The Bertz CT molecular complexity index is 245. The normalized spacial score (nSPS) is 9.18. The van der Waals surface area contributed by atoms with Crippen molar-refractivity contribution >= 4 is 11.8 Å². The maximum Gasteiger partial charge on any atom is 0.0590 e. The highest BCUT2D eigenvalue weighted by Gasteiger charge is 1.94. The Hall–Kier alpha value is -1.35. The second kappa shape index (κ2) is 3.73. The van der Waals surface area contributed by atoms with Gasteiger partial charge in [-0.15, -0.1) is 0 Å². The Morgan fingerprint density at radius 2 is 2.45 bits per heavy atom. The molecule has 3 heteroatoms. The topological polar surface area (TPSA) is 37.0 Å². The molecule has 3 nitrogen and oxygen atoms in total. The number of hydrazine groups is 1. The van der Waals surface area contributed by atoms with Crippen molar-refractivity contribution < 1.29 is 0 Å². The number of hydrogen-bond acceptors (Lipinski definition) is 3. The van der Waals surface area contributed by atoms with Crippen molar-refractivity contribution in [3.05, 3.63) is 30.6 Å². The minimum absolute atomic E-state index is 0.984. The molecule has 0 aliphatic heterocycles. The average Bonchev–Trinajstić information content (AvgIpc) is 2.06. The highest BCUT2D eigenvalue weighted by atomic mass is 15.3. The van der Waals surface area contributed by atoms with Gasteiger partial charge in [-0.3, -0.25) is 4.98 Å². The highest BCUT2D eigenvalue weighted by Crippen LogP contribution is 2.12. The largest absolute Gasteiger partial charge is 0.321 e. The molecule has 0 bridgehead atoms. The molecule has 0 aliphatic carbocycles. The second-order valence-electron chi connectivity index (χ2n) is 2.04. The van der Waals surface area contributed by atoms with Gasteiger partial charge in [-0.05, 0) is 6.07 Å². The number of rotatable bonds is 3. The summed E-state index contributed by atoms with van der Waals surface area (Å²) >= 11 is 0. The minimum atomic E-state index is 0.984. The van der Waals surface area contributed by atoms with Crippen LogP contribution in [0.25, 0.3) is 6.08 Å². The van der Waals surface area contributed by atoms with Gasteiger partial charge in [0.15, 0.2) is 0 Å². The van der Waals surface area contributed by atoms with Crippen LogP contribution in [0.4, 0.5) is 5.69 Å². The van der Waals surface area contributed by atoms with E-state index in [-0.39, 0.29) is 0 Å². The van der Waals surface area contributed by atoms with Gasteiger partial charge >= 0.3 is 0 Å². The number of hydrogen-bond donors (Lipinski definition) is 2. The molecule has 11 heavy (non-hydrogen) atoms. The van der Waals surface area contributed by atoms with Crippen LogP contribution >= 0.6 is 0 Å². The Balaban J connectivity index is 2.92. The molecular weight excluding hydrogens is 138 g/mol. The van der Waals surface area contributed by atoms with Crippen LogP contribution in [0.15, 0.2) is 25.0 Å². The van der Waals surface area contributed by atoms with Gasteiger partial charge in [0.2, 0.25) is 0 Å². The van der Waals surface area contributed by atoms with Gasteiger partial charge in [0, 0.05) is 25.0 Å². The molecule has 0 unspecified atom stereocenters. The molecule has 0 amide bonds. The van der Waals surface area contributed by atoms with Crippen LogP contribution in [0.1, 0.15) is 5.56 Å². The Kier molecular flexibility index (Phi) is 2.63. The molecule has 58 valence electrons. The van der Waals surface area contributed by atoms with Crippen LogP contribution in [0.3, 0.4) is 0 Å². The van der Waals surface area contributed by atoms with Gasteiger partial charge in [-0.1, -0.05) is 12.7 Å². The molecule has 0 saturated heterocycles. The summed E-state index contributed by atoms with van der Waals surface area (Å²) in [4.78, 5) is 3.96. The van der Waals surface area contributed by atoms with Gasteiger partial charge in [0.25, 0.3) is 0 Å². The SMILES string of the molecule is C=Cc1cnccc1NNC. The summed E-state index contributed by atoms with van der Waals surface area (Å²) in [6.45, 7) is 3.67. The van der Waals surface area contributed by atoms with Crippen LogP contribution in [0.2, 0.25) is 0 Å².